The molecule has 2 heterocycles. The summed E-state index contributed by atoms with van der Waals surface area (Å²) in [7, 11) is 1.26. The van der Waals surface area contributed by atoms with Crippen LogP contribution >= 0.6 is 0 Å². The van der Waals surface area contributed by atoms with Gasteiger partial charge in [-0.1, -0.05) is 38.3 Å². The Morgan fingerprint density at radius 1 is 0.949 bits per heavy atom. The van der Waals surface area contributed by atoms with Crippen LogP contribution in [0.3, 0.4) is 0 Å². The number of unbranched alkanes of at least 4 members (excludes halogenated alkanes) is 4. The van der Waals surface area contributed by atoms with E-state index in [1.54, 1.807) is 0 Å². The molecule has 0 aromatic heterocycles. The van der Waals surface area contributed by atoms with E-state index >= 15 is 0 Å². The molecule has 0 aromatic carbocycles. The Hall–Kier alpha value is -1.61. The molecule has 3 aliphatic rings. The smallest absolute Gasteiger partial charge is 0.367 e. The van der Waals surface area contributed by atoms with Crippen molar-refractivity contribution in [3.05, 3.63) is 12.2 Å². The maximum atomic E-state index is 13.2. The first-order chi connectivity index (χ1) is 19.0. The molecule has 1 saturated carbocycles. The molecule has 4 atom stereocenters. The van der Waals surface area contributed by atoms with Gasteiger partial charge in [-0.05, 0) is 76.5 Å². The highest BCUT2D eigenvalue weighted by Gasteiger charge is 2.49. The van der Waals surface area contributed by atoms with Gasteiger partial charge in [-0.15, -0.1) is 0 Å². The van der Waals surface area contributed by atoms with Crippen LogP contribution in [0.25, 0.3) is 0 Å². The maximum absolute atomic E-state index is 13.2. The molecule has 8 nitrogen and oxygen atoms in total. The van der Waals surface area contributed by atoms with Crippen molar-refractivity contribution < 1.29 is 38.1 Å². The number of hydrogen-bond acceptors (Lipinski definition) is 8. The summed E-state index contributed by atoms with van der Waals surface area (Å²) in [6, 6.07) is 0. The zero-order valence-corrected chi connectivity index (χ0v) is 24.2. The predicted octanol–water partition coefficient (Wildman–Crippen LogP) is 6.19. The van der Waals surface area contributed by atoms with E-state index in [0.29, 0.717) is 51.1 Å². The molecule has 2 saturated heterocycles. The van der Waals surface area contributed by atoms with Crippen LogP contribution < -0.4 is 0 Å². The molecule has 0 bridgehead atoms. The molecular weight excluding hydrogens is 500 g/mol. The molecule has 3 rings (SSSR count). The van der Waals surface area contributed by atoms with Crippen LogP contribution in [0.1, 0.15) is 116 Å². The largest absolute Gasteiger partial charge is 0.465 e. The molecule has 8 heteroatoms. The highest BCUT2D eigenvalue weighted by molar-refractivity contribution is 5.88. The van der Waals surface area contributed by atoms with E-state index in [1.165, 1.54) is 32.8 Å². The van der Waals surface area contributed by atoms with E-state index in [1.807, 2.05) is 0 Å². The lowest BCUT2D eigenvalue weighted by Gasteiger charge is -2.38. The highest BCUT2D eigenvalue weighted by Crippen LogP contribution is 2.35. The molecule has 2 aliphatic heterocycles. The SMILES string of the molecule is CCCCCC/C=C/[C@H]1CCC(=O)[C@@H]1CCCC(=O)CC(OC1CCCCO1)(OC1CCCCO1)C(=O)OC. The summed E-state index contributed by atoms with van der Waals surface area (Å²) in [6.45, 7) is 3.26. The number of Topliss-reactive ketones (excluding diaryl/α,β-unsaturated/α-hetero) is 2. The fourth-order valence-corrected chi connectivity index (χ4v) is 5.83. The number of ether oxygens (including phenoxy) is 5. The average Bonchev–Trinajstić information content (AvgIpc) is 3.30. The van der Waals surface area contributed by atoms with E-state index in [4.69, 9.17) is 23.7 Å². The third-order valence-electron chi connectivity index (χ3n) is 8.08. The summed E-state index contributed by atoms with van der Waals surface area (Å²) < 4.78 is 28.8. The number of methoxy groups -OCH3 is 1. The average molecular weight is 551 g/mol. The summed E-state index contributed by atoms with van der Waals surface area (Å²) in [5.74, 6) is -2.32. The molecule has 222 valence electrons. The summed E-state index contributed by atoms with van der Waals surface area (Å²) in [6.07, 6.45) is 16.7. The lowest BCUT2D eigenvalue weighted by molar-refractivity contribution is -0.350. The van der Waals surface area contributed by atoms with E-state index < -0.39 is 24.3 Å². The van der Waals surface area contributed by atoms with Crippen LogP contribution in [0.2, 0.25) is 0 Å². The molecule has 0 radical (unpaired) electrons. The minimum atomic E-state index is -1.91. The summed E-state index contributed by atoms with van der Waals surface area (Å²) in [4.78, 5) is 38.9. The van der Waals surface area contributed by atoms with Gasteiger partial charge in [0.05, 0.1) is 13.5 Å². The van der Waals surface area contributed by atoms with Gasteiger partial charge in [-0.3, -0.25) is 9.59 Å². The van der Waals surface area contributed by atoms with Crippen molar-refractivity contribution in [1.82, 2.24) is 0 Å². The standard InChI is InChI=1S/C31H50O8/c1-3-4-5-6-7-8-14-24-19-20-27(33)26(24)16-13-15-25(32)23-31(30(34)35-2,38-28-17-9-11-21-36-28)39-29-18-10-12-22-37-29/h8,14,24,26,28-29H,3-7,9-13,15-23H2,1-2H3/b14-8+/t24-,26+,28?,29?,31?/m0/s1. The molecule has 0 aromatic rings. The first-order valence-corrected chi connectivity index (χ1v) is 15.4. The fourth-order valence-electron chi connectivity index (χ4n) is 5.83. The Bertz CT molecular complexity index is 761. The van der Waals surface area contributed by atoms with Crippen LogP contribution in [0.4, 0.5) is 0 Å². The van der Waals surface area contributed by atoms with Gasteiger partial charge in [0.25, 0.3) is 5.79 Å². The normalized spacial score (nSPS) is 27.5. The Labute approximate surface area is 234 Å². The van der Waals surface area contributed by atoms with Crippen molar-refractivity contribution in [2.75, 3.05) is 20.3 Å². The molecule has 0 amide bonds. The maximum Gasteiger partial charge on any atom is 0.367 e. The van der Waals surface area contributed by atoms with Crippen molar-refractivity contribution in [2.45, 2.75) is 134 Å². The number of esters is 1. The summed E-state index contributed by atoms with van der Waals surface area (Å²) in [5.41, 5.74) is 0. The quantitative estimate of drug-likeness (QED) is 0.0915. The van der Waals surface area contributed by atoms with Crippen LogP contribution in [-0.4, -0.2) is 56.2 Å². The highest BCUT2D eigenvalue weighted by atomic mass is 16.8. The lowest BCUT2D eigenvalue weighted by atomic mass is 9.89. The first kappa shape index (κ1) is 31.9. The van der Waals surface area contributed by atoms with Gasteiger partial charge < -0.3 is 23.7 Å². The van der Waals surface area contributed by atoms with Gasteiger partial charge in [0, 0.05) is 32.0 Å². The molecule has 3 fully saturated rings. The second-order valence-electron chi connectivity index (χ2n) is 11.2. The van der Waals surface area contributed by atoms with Gasteiger partial charge in [-0.2, -0.15) is 0 Å². The topological polar surface area (TPSA) is 97.4 Å². The van der Waals surface area contributed by atoms with Crippen LogP contribution in [-0.2, 0) is 38.1 Å². The van der Waals surface area contributed by atoms with Crippen molar-refractivity contribution in [2.24, 2.45) is 11.8 Å². The summed E-state index contributed by atoms with van der Waals surface area (Å²) in [5, 5.41) is 0. The van der Waals surface area contributed by atoms with Gasteiger partial charge >= 0.3 is 5.97 Å². The predicted molar refractivity (Wildman–Crippen MR) is 147 cm³/mol. The number of ketones is 2. The van der Waals surface area contributed by atoms with Crippen LogP contribution in [0.15, 0.2) is 12.2 Å². The first-order valence-electron chi connectivity index (χ1n) is 15.4. The Morgan fingerprint density at radius 3 is 2.23 bits per heavy atom. The van der Waals surface area contributed by atoms with Crippen molar-refractivity contribution in [1.29, 1.82) is 0 Å². The zero-order valence-electron chi connectivity index (χ0n) is 24.2. The number of hydrogen-bond donors (Lipinski definition) is 0. The van der Waals surface area contributed by atoms with Crippen LogP contribution in [0, 0.1) is 11.8 Å². The lowest BCUT2D eigenvalue weighted by Crippen LogP contribution is -2.52. The van der Waals surface area contributed by atoms with Gasteiger partial charge in [0.1, 0.15) is 11.6 Å². The Balaban J connectivity index is 1.58. The van der Waals surface area contributed by atoms with E-state index in [2.05, 4.69) is 19.1 Å². The number of allylic oxidation sites excluding steroid dienone is 2. The third kappa shape index (κ3) is 10.4. The molecule has 1 aliphatic carbocycles. The van der Waals surface area contributed by atoms with Crippen molar-refractivity contribution in [3.8, 4) is 0 Å². The second-order valence-corrected chi connectivity index (χ2v) is 11.2. The molecule has 39 heavy (non-hydrogen) atoms. The molecule has 2 unspecified atom stereocenters. The van der Waals surface area contributed by atoms with Crippen molar-refractivity contribution >= 4 is 17.5 Å². The minimum absolute atomic E-state index is 0.0335. The number of carbonyl (C=O) groups excluding carboxylic acids is 3. The number of rotatable bonds is 17. The van der Waals surface area contributed by atoms with Crippen molar-refractivity contribution in [3.63, 3.8) is 0 Å². The van der Waals surface area contributed by atoms with E-state index in [0.717, 1.165) is 38.5 Å². The molecular formula is C31H50O8. The van der Waals surface area contributed by atoms with Gasteiger partial charge in [-0.25, -0.2) is 4.79 Å². The number of carbonyl (C=O) groups is 3. The van der Waals surface area contributed by atoms with Crippen LogP contribution in [0.5, 0.6) is 0 Å². The van der Waals surface area contributed by atoms with E-state index in [-0.39, 0.29) is 30.5 Å². The second kappa shape index (κ2) is 17.3. The molecule has 0 N–H and O–H groups in total. The monoisotopic (exact) mass is 550 g/mol. The van der Waals surface area contributed by atoms with Gasteiger partial charge in [0.2, 0.25) is 0 Å². The fraction of sp³-hybridized carbons (Fsp3) is 0.839. The Morgan fingerprint density at radius 2 is 1.64 bits per heavy atom. The Kier molecular flexibility index (Phi) is 14.1. The molecule has 0 spiro atoms. The van der Waals surface area contributed by atoms with E-state index in [9.17, 15) is 14.4 Å². The zero-order chi connectivity index (χ0) is 27.9. The summed E-state index contributed by atoms with van der Waals surface area (Å²) >= 11 is 0. The minimum Gasteiger partial charge on any atom is -0.465 e. The van der Waals surface area contributed by atoms with Gasteiger partial charge in [0.15, 0.2) is 12.6 Å². The third-order valence-corrected chi connectivity index (χ3v) is 8.08.